The molecular weight excluding hydrogens is 480 g/mol. The van der Waals surface area contributed by atoms with Gasteiger partial charge in [0.2, 0.25) is 0 Å². The first-order chi connectivity index (χ1) is 13.6. The lowest BCUT2D eigenvalue weighted by Gasteiger charge is -2.37. The van der Waals surface area contributed by atoms with Crippen molar-refractivity contribution in [3.63, 3.8) is 0 Å². The van der Waals surface area contributed by atoms with Crippen LogP contribution in [0.4, 0.5) is 10.1 Å². The largest absolute Gasteiger partial charge is 0.368 e. The Morgan fingerprint density at radius 1 is 1.00 bits per heavy atom. The maximum Gasteiger partial charge on any atom is 0.194 e. The molecule has 0 atom stereocenters. The van der Waals surface area contributed by atoms with Gasteiger partial charge < -0.3 is 20.0 Å². The predicted octanol–water partition coefficient (Wildman–Crippen LogP) is 3.40. The van der Waals surface area contributed by atoms with E-state index in [2.05, 4.69) is 63.4 Å². The number of rotatable bonds is 5. The van der Waals surface area contributed by atoms with Gasteiger partial charge in [-0.2, -0.15) is 0 Å². The van der Waals surface area contributed by atoms with E-state index in [0.717, 1.165) is 50.9 Å². The lowest BCUT2D eigenvalue weighted by molar-refractivity contribution is 0.372. The summed E-state index contributed by atoms with van der Waals surface area (Å²) in [5.74, 6) is 0.736. The summed E-state index contributed by atoms with van der Waals surface area (Å²) in [4.78, 5) is 11.2. The highest BCUT2D eigenvalue weighted by atomic mass is 127. The van der Waals surface area contributed by atoms with Gasteiger partial charge in [0.25, 0.3) is 0 Å². The van der Waals surface area contributed by atoms with Crippen LogP contribution in [0.25, 0.3) is 0 Å². The molecule has 2 aromatic carbocycles. The number of piperazine rings is 1. The fraction of sp³-hybridized carbons (Fsp3) is 0.409. The van der Waals surface area contributed by atoms with Crippen molar-refractivity contribution in [1.29, 1.82) is 0 Å². The number of guanidine groups is 1. The maximum absolute atomic E-state index is 13.1. The van der Waals surface area contributed by atoms with Crippen LogP contribution in [0.5, 0.6) is 0 Å². The molecule has 0 aliphatic carbocycles. The molecule has 1 heterocycles. The van der Waals surface area contributed by atoms with Crippen LogP contribution in [0.1, 0.15) is 11.1 Å². The third-order valence-corrected chi connectivity index (χ3v) is 5.02. The van der Waals surface area contributed by atoms with Crippen molar-refractivity contribution in [2.24, 2.45) is 4.99 Å². The Kier molecular flexibility index (Phi) is 9.16. The van der Waals surface area contributed by atoms with Crippen molar-refractivity contribution in [2.75, 3.05) is 52.2 Å². The minimum Gasteiger partial charge on any atom is -0.368 e. The van der Waals surface area contributed by atoms with Crippen LogP contribution >= 0.6 is 24.0 Å². The molecule has 0 aromatic heterocycles. The summed E-state index contributed by atoms with van der Waals surface area (Å²) < 4.78 is 13.1. The SMILES string of the molecule is CN=C(NCc1ccccc1CN(C)C)N1CCN(c2ccc(F)cc2)CC1.I. The predicted molar refractivity (Wildman–Crippen MR) is 130 cm³/mol. The Bertz CT molecular complexity index is 786. The number of anilines is 1. The van der Waals surface area contributed by atoms with Gasteiger partial charge in [0.05, 0.1) is 0 Å². The lowest BCUT2D eigenvalue weighted by Crippen LogP contribution is -2.52. The van der Waals surface area contributed by atoms with Gasteiger partial charge in [-0.3, -0.25) is 4.99 Å². The smallest absolute Gasteiger partial charge is 0.194 e. The van der Waals surface area contributed by atoms with Crippen LogP contribution in [0, 0.1) is 5.82 Å². The van der Waals surface area contributed by atoms with Gasteiger partial charge >= 0.3 is 0 Å². The molecule has 0 saturated carbocycles. The average molecular weight is 511 g/mol. The van der Waals surface area contributed by atoms with E-state index in [1.807, 2.05) is 19.2 Å². The summed E-state index contributed by atoms with van der Waals surface area (Å²) in [5.41, 5.74) is 3.69. The first kappa shape index (κ1) is 23.4. The molecule has 1 aliphatic heterocycles. The summed E-state index contributed by atoms with van der Waals surface area (Å²) in [6.07, 6.45) is 0. The molecule has 0 amide bonds. The molecule has 0 radical (unpaired) electrons. The van der Waals surface area contributed by atoms with Crippen molar-refractivity contribution in [3.05, 3.63) is 65.5 Å². The minimum atomic E-state index is -0.193. The highest BCUT2D eigenvalue weighted by Gasteiger charge is 2.20. The second-order valence-electron chi connectivity index (χ2n) is 7.36. The summed E-state index contributed by atoms with van der Waals surface area (Å²) >= 11 is 0. The van der Waals surface area contributed by atoms with Crippen molar-refractivity contribution in [3.8, 4) is 0 Å². The number of hydrogen-bond donors (Lipinski definition) is 1. The van der Waals surface area contributed by atoms with Crippen LogP contribution in [0.3, 0.4) is 0 Å². The van der Waals surface area contributed by atoms with E-state index in [-0.39, 0.29) is 29.8 Å². The van der Waals surface area contributed by atoms with Crippen LogP contribution in [0.15, 0.2) is 53.5 Å². The van der Waals surface area contributed by atoms with Crippen molar-refractivity contribution >= 4 is 35.6 Å². The van der Waals surface area contributed by atoms with E-state index in [9.17, 15) is 4.39 Å². The van der Waals surface area contributed by atoms with Gasteiger partial charge in [0.1, 0.15) is 5.82 Å². The van der Waals surface area contributed by atoms with E-state index < -0.39 is 0 Å². The summed E-state index contributed by atoms with van der Waals surface area (Å²) in [5, 5.41) is 3.52. The van der Waals surface area contributed by atoms with Crippen LogP contribution in [0.2, 0.25) is 0 Å². The topological polar surface area (TPSA) is 34.1 Å². The standard InChI is InChI=1S/C22H30FN5.HI/c1-24-22(25-16-18-6-4-5-7-19(18)17-26(2)3)28-14-12-27(13-15-28)21-10-8-20(23)9-11-21;/h4-11H,12-17H2,1-3H3,(H,24,25);1H. The number of aliphatic imine (C=N–C) groups is 1. The third kappa shape index (κ3) is 6.57. The zero-order valence-electron chi connectivity index (χ0n) is 17.4. The second kappa shape index (κ2) is 11.3. The highest BCUT2D eigenvalue weighted by molar-refractivity contribution is 14.0. The lowest BCUT2D eigenvalue weighted by atomic mass is 10.1. The zero-order valence-corrected chi connectivity index (χ0v) is 19.8. The van der Waals surface area contributed by atoms with Gasteiger partial charge in [-0.25, -0.2) is 4.39 Å². The van der Waals surface area contributed by atoms with Gasteiger partial charge in [0.15, 0.2) is 5.96 Å². The molecule has 29 heavy (non-hydrogen) atoms. The summed E-state index contributed by atoms with van der Waals surface area (Å²) in [6, 6.07) is 15.3. The molecule has 0 spiro atoms. The monoisotopic (exact) mass is 511 g/mol. The van der Waals surface area contributed by atoms with E-state index in [0.29, 0.717) is 0 Å². The summed E-state index contributed by atoms with van der Waals surface area (Å²) in [7, 11) is 6.01. The molecule has 158 valence electrons. The number of hydrogen-bond acceptors (Lipinski definition) is 3. The first-order valence-corrected chi connectivity index (χ1v) is 9.74. The molecule has 0 bridgehead atoms. The highest BCUT2D eigenvalue weighted by Crippen LogP contribution is 2.17. The molecule has 1 aliphatic rings. The first-order valence-electron chi connectivity index (χ1n) is 9.74. The third-order valence-electron chi connectivity index (χ3n) is 5.02. The quantitative estimate of drug-likeness (QED) is 0.379. The van der Waals surface area contributed by atoms with Crippen molar-refractivity contribution < 1.29 is 4.39 Å². The molecule has 1 saturated heterocycles. The van der Waals surface area contributed by atoms with Gasteiger partial charge in [0, 0.05) is 52.0 Å². The summed E-state index contributed by atoms with van der Waals surface area (Å²) in [6.45, 7) is 5.24. The van der Waals surface area contributed by atoms with E-state index in [4.69, 9.17) is 0 Å². The van der Waals surface area contributed by atoms with Crippen molar-refractivity contribution in [2.45, 2.75) is 13.1 Å². The molecule has 0 unspecified atom stereocenters. The number of nitrogens with one attached hydrogen (secondary N) is 1. The van der Waals surface area contributed by atoms with E-state index in [1.54, 1.807) is 0 Å². The Balaban J connectivity index is 0.00000300. The Hall–Kier alpha value is -1.87. The Morgan fingerprint density at radius 2 is 1.62 bits per heavy atom. The van der Waals surface area contributed by atoms with Crippen LogP contribution in [-0.2, 0) is 13.1 Å². The van der Waals surface area contributed by atoms with Gasteiger partial charge in [-0.15, -0.1) is 24.0 Å². The molecule has 5 nitrogen and oxygen atoms in total. The maximum atomic E-state index is 13.1. The Morgan fingerprint density at radius 3 is 2.21 bits per heavy atom. The molecule has 2 aromatic rings. The van der Waals surface area contributed by atoms with E-state index >= 15 is 0 Å². The fourth-order valence-corrected chi connectivity index (χ4v) is 3.56. The van der Waals surface area contributed by atoms with E-state index in [1.165, 1.54) is 23.3 Å². The average Bonchev–Trinajstić information content (AvgIpc) is 2.70. The van der Waals surface area contributed by atoms with Crippen molar-refractivity contribution in [1.82, 2.24) is 15.1 Å². The molecule has 3 rings (SSSR count). The van der Waals surface area contributed by atoms with Gasteiger partial charge in [-0.1, -0.05) is 24.3 Å². The molecule has 7 heteroatoms. The molecule has 1 N–H and O–H groups in total. The molecular formula is C22H31FIN5. The number of halogens is 2. The zero-order chi connectivity index (χ0) is 19.9. The van der Waals surface area contributed by atoms with Crippen LogP contribution < -0.4 is 10.2 Å². The second-order valence-corrected chi connectivity index (χ2v) is 7.36. The normalized spacial score (nSPS) is 14.7. The van der Waals surface area contributed by atoms with Gasteiger partial charge in [-0.05, 0) is 49.5 Å². The van der Waals surface area contributed by atoms with Crippen LogP contribution in [-0.4, -0.2) is 63.1 Å². The molecule has 1 fully saturated rings. The number of nitrogens with zero attached hydrogens (tertiary/aromatic N) is 4. The Labute approximate surface area is 190 Å². The minimum absolute atomic E-state index is 0. The number of benzene rings is 2. The fourth-order valence-electron chi connectivity index (χ4n) is 3.56.